The number of esters is 2. The molecule has 13 atom stereocenters. The van der Waals surface area contributed by atoms with Crippen molar-refractivity contribution in [2.75, 3.05) is 13.7 Å². The van der Waals surface area contributed by atoms with Crippen molar-refractivity contribution < 1.29 is 43.5 Å². The third-order valence-electron chi connectivity index (χ3n) is 12.5. The van der Waals surface area contributed by atoms with Crippen LogP contribution >= 0.6 is 0 Å². The second-order valence-corrected chi connectivity index (χ2v) is 14.3. The summed E-state index contributed by atoms with van der Waals surface area (Å²) < 4.78 is 29.1. The van der Waals surface area contributed by atoms with Crippen LogP contribution in [0.4, 0.5) is 0 Å². The van der Waals surface area contributed by atoms with Crippen molar-refractivity contribution in [3.05, 3.63) is 11.6 Å². The number of hydrogen-bond donors (Lipinski definition) is 2. The average Bonchev–Trinajstić information content (AvgIpc) is 3.42. The van der Waals surface area contributed by atoms with E-state index in [1.807, 2.05) is 6.92 Å². The molecule has 4 saturated carbocycles. The number of methoxy groups -OCH3 is 1. The Morgan fingerprint density at radius 1 is 1.07 bits per heavy atom. The first kappa shape index (κ1) is 29.5. The van der Waals surface area contributed by atoms with Crippen molar-refractivity contribution in [2.45, 2.75) is 128 Å². The maximum Gasteiger partial charge on any atom is 0.331 e. The van der Waals surface area contributed by atoms with Crippen molar-refractivity contribution >= 4 is 11.9 Å². The van der Waals surface area contributed by atoms with Crippen LogP contribution in [0.25, 0.3) is 0 Å². The maximum absolute atomic E-state index is 12.7. The zero-order chi connectivity index (χ0) is 29.3. The lowest BCUT2D eigenvalue weighted by molar-refractivity contribution is -0.273. The Balaban J connectivity index is 1.19. The summed E-state index contributed by atoms with van der Waals surface area (Å²) in [5.41, 5.74) is -0.559. The fourth-order valence-corrected chi connectivity index (χ4v) is 10.4. The van der Waals surface area contributed by atoms with Gasteiger partial charge in [0.25, 0.3) is 0 Å². The number of carbonyl (C=O) groups is 2. The van der Waals surface area contributed by atoms with Gasteiger partial charge in [0.15, 0.2) is 6.29 Å². The van der Waals surface area contributed by atoms with Crippen LogP contribution in [-0.4, -0.2) is 78.3 Å². The van der Waals surface area contributed by atoms with Crippen molar-refractivity contribution in [1.29, 1.82) is 0 Å². The summed E-state index contributed by atoms with van der Waals surface area (Å²) in [5.74, 6) is 0.0175. The molecular formula is C32H48O9. The molecule has 41 heavy (non-hydrogen) atoms. The summed E-state index contributed by atoms with van der Waals surface area (Å²) in [6, 6.07) is 0. The van der Waals surface area contributed by atoms with E-state index in [1.165, 1.54) is 6.92 Å². The molecule has 0 unspecified atom stereocenters. The summed E-state index contributed by atoms with van der Waals surface area (Å²) in [7, 11) is 1.62. The molecule has 1 saturated heterocycles. The van der Waals surface area contributed by atoms with Crippen molar-refractivity contribution in [2.24, 2.45) is 34.5 Å². The van der Waals surface area contributed by atoms with Gasteiger partial charge in [0.05, 0.1) is 23.9 Å². The largest absolute Gasteiger partial charge is 0.462 e. The Kier molecular flexibility index (Phi) is 7.62. The highest BCUT2D eigenvalue weighted by molar-refractivity contribution is 5.85. The molecule has 230 valence electrons. The lowest BCUT2D eigenvalue weighted by Crippen LogP contribution is -2.62. The minimum Gasteiger partial charge on any atom is -0.462 e. The van der Waals surface area contributed by atoms with Gasteiger partial charge in [-0.3, -0.25) is 4.79 Å². The standard InChI is InChI=1S/C32H48O9/c1-17-29(35)24(37-5)14-27(39-17)41-21-8-10-30(3)20(13-21)6-7-23-22(30)9-11-31(4)28(19-12-26(34)38-16-19)25(40-18(2)33)15-32(23,31)36/h12,17,20-25,27-29,35-36H,6-11,13-16H2,1-5H3/t17-,20-,21+,22+,23-,24+,25+,27+,28+,29-,30-,31-,32+/m1/s1. The molecule has 9 heteroatoms. The van der Waals surface area contributed by atoms with Crippen LogP contribution in [0.5, 0.6) is 0 Å². The fraction of sp³-hybridized carbons (Fsp3) is 0.875. The summed E-state index contributed by atoms with van der Waals surface area (Å²) in [4.78, 5) is 24.2. The Hall–Kier alpha value is -1.52. The molecule has 2 heterocycles. The first-order chi connectivity index (χ1) is 19.4. The Morgan fingerprint density at radius 2 is 1.85 bits per heavy atom. The van der Waals surface area contributed by atoms with E-state index in [-0.39, 0.29) is 60.4 Å². The number of aliphatic hydroxyl groups excluding tert-OH is 1. The van der Waals surface area contributed by atoms with E-state index in [0.717, 1.165) is 50.5 Å². The lowest BCUT2D eigenvalue weighted by atomic mass is 9.43. The zero-order valence-corrected chi connectivity index (χ0v) is 25.2. The van der Waals surface area contributed by atoms with Gasteiger partial charge < -0.3 is 33.9 Å². The zero-order valence-electron chi connectivity index (χ0n) is 25.2. The van der Waals surface area contributed by atoms with Crippen LogP contribution in [-0.2, 0) is 33.3 Å². The molecule has 0 bridgehead atoms. The molecule has 6 aliphatic rings. The molecule has 2 aliphatic heterocycles. The summed E-state index contributed by atoms with van der Waals surface area (Å²) >= 11 is 0. The van der Waals surface area contributed by atoms with Gasteiger partial charge in [0, 0.05) is 44.3 Å². The van der Waals surface area contributed by atoms with E-state index in [2.05, 4.69) is 13.8 Å². The van der Waals surface area contributed by atoms with Gasteiger partial charge in [-0.05, 0) is 80.6 Å². The third kappa shape index (κ3) is 4.69. The predicted molar refractivity (Wildman–Crippen MR) is 147 cm³/mol. The van der Waals surface area contributed by atoms with Crippen LogP contribution in [0.2, 0.25) is 0 Å². The predicted octanol–water partition coefficient (Wildman–Crippen LogP) is 3.68. The Labute approximate surface area is 243 Å². The minimum absolute atomic E-state index is 0.0898. The number of cyclic esters (lactones) is 1. The molecule has 6 rings (SSSR count). The summed E-state index contributed by atoms with van der Waals surface area (Å²) in [6.45, 7) is 8.06. The quantitative estimate of drug-likeness (QED) is 0.373. The smallest absolute Gasteiger partial charge is 0.331 e. The number of fused-ring (bicyclic) bond motifs is 5. The molecule has 4 aliphatic carbocycles. The van der Waals surface area contributed by atoms with Crippen molar-refractivity contribution in [3.63, 3.8) is 0 Å². The highest BCUT2D eigenvalue weighted by Crippen LogP contribution is 2.70. The van der Waals surface area contributed by atoms with Crippen LogP contribution in [0.1, 0.15) is 85.5 Å². The number of carbonyl (C=O) groups excluding carboxylic acids is 2. The fourth-order valence-electron chi connectivity index (χ4n) is 10.4. The van der Waals surface area contributed by atoms with Gasteiger partial charge >= 0.3 is 11.9 Å². The average molecular weight is 577 g/mol. The second-order valence-electron chi connectivity index (χ2n) is 14.3. The lowest BCUT2D eigenvalue weighted by Gasteiger charge is -2.63. The maximum atomic E-state index is 12.7. The molecule has 0 spiro atoms. The van der Waals surface area contributed by atoms with E-state index in [4.69, 9.17) is 23.7 Å². The number of rotatable bonds is 5. The Morgan fingerprint density at radius 3 is 2.54 bits per heavy atom. The van der Waals surface area contributed by atoms with Gasteiger partial charge in [-0.15, -0.1) is 0 Å². The molecule has 0 aromatic rings. The van der Waals surface area contributed by atoms with Gasteiger partial charge in [-0.25, -0.2) is 4.79 Å². The van der Waals surface area contributed by atoms with Crippen molar-refractivity contribution in [3.8, 4) is 0 Å². The third-order valence-corrected chi connectivity index (χ3v) is 12.5. The molecule has 5 fully saturated rings. The first-order valence-electron chi connectivity index (χ1n) is 15.7. The van der Waals surface area contributed by atoms with Crippen LogP contribution in [0.15, 0.2) is 11.6 Å². The van der Waals surface area contributed by atoms with Crippen LogP contribution in [0, 0.1) is 34.5 Å². The molecule has 2 N–H and O–H groups in total. The number of ether oxygens (including phenoxy) is 5. The number of aliphatic hydroxyl groups is 2. The molecular weight excluding hydrogens is 528 g/mol. The topological polar surface area (TPSA) is 121 Å². The van der Waals surface area contributed by atoms with Crippen LogP contribution in [0.3, 0.4) is 0 Å². The van der Waals surface area contributed by atoms with Crippen LogP contribution < -0.4 is 0 Å². The molecule has 0 radical (unpaired) electrons. The molecule has 0 aromatic heterocycles. The van der Waals surface area contributed by atoms with E-state index < -0.39 is 23.2 Å². The van der Waals surface area contributed by atoms with Gasteiger partial charge in [-0.2, -0.15) is 0 Å². The van der Waals surface area contributed by atoms with Gasteiger partial charge in [-0.1, -0.05) is 13.8 Å². The highest BCUT2D eigenvalue weighted by atomic mass is 16.7. The summed E-state index contributed by atoms with van der Waals surface area (Å²) in [6.07, 6.45) is 7.14. The SMILES string of the molecule is CO[C@H]1C[C@H](O[C@H]2CC[C@]3(C)[C@H](CC[C@@H]4[C@@H]3CC[C@]3(C)[C@@H](C5=CC(=O)OC5)[C@@H](OC(C)=O)C[C@]43O)C2)O[C@H](C)[C@H]1O. The summed E-state index contributed by atoms with van der Waals surface area (Å²) in [5, 5.41) is 23.0. The van der Waals surface area contributed by atoms with E-state index in [1.54, 1.807) is 13.2 Å². The second kappa shape index (κ2) is 10.6. The van der Waals surface area contributed by atoms with E-state index >= 15 is 0 Å². The van der Waals surface area contributed by atoms with Gasteiger partial charge in [0.1, 0.15) is 18.8 Å². The Bertz CT molecular complexity index is 1080. The monoisotopic (exact) mass is 576 g/mol. The molecule has 9 nitrogen and oxygen atoms in total. The normalized spacial score (nSPS) is 51.2. The molecule has 0 aromatic carbocycles. The number of hydrogen-bond acceptors (Lipinski definition) is 9. The highest BCUT2D eigenvalue weighted by Gasteiger charge is 2.71. The van der Waals surface area contributed by atoms with E-state index in [9.17, 15) is 19.8 Å². The molecule has 0 amide bonds. The van der Waals surface area contributed by atoms with Gasteiger partial charge in [0.2, 0.25) is 0 Å². The first-order valence-corrected chi connectivity index (χ1v) is 15.7. The van der Waals surface area contributed by atoms with Crippen molar-refractivity contribution in [1.82, 2.24) is 0 Å². The minimum atomic E-state index is -0.990. The van der Waals surface area contributed by atoms with E-state index in [0.29, 0.717) is 24.7 Å².